The Balaban J connectivity index is 2.37. The Bertz CT molecular complexity index is 551. The highest BCUT2D eigenvalue weighted by Crippen LogP contribution is 2.37. The summed E-state index contributed by atoms with van der Waals surface area (Å²) >= 11 is 7.64. The number of aromatic amines is 1. The molecule has 1 aliphatic rings. The van der Waals surface area contributed by atoms with Crippen molar-refractivity contribution >= 4 is 45.8 Å². The molecule has 1 N–H and O–H groups in total. The van der Waals surface area contributed by atoms with E-state index in [1.807, 2.05) is 0 Å². The average Bonchev–Trinajstić information content (AvgIpc) is 2.89. The quantitative estimate of drug-likeness (QED) is 0.629. The molecular formula is C10H9IN2S. The first kappa shape index (κ1) is 8.91. The smallest absolute Gasteiger partial charge is 0.178 e. The lowest BCUT2D eigenvalue weighted by Crippen LogP contribution is -1.92. The second-order valence-corrected chi connectivity index (χ2v) is 5.33. The number of nitrogens with one attached hydrogen (secondary N) is 1. The Kier molecular flexibility index (Phi) is 1.95. The SMILES string of the molecule is S=c1[nH]c2cc(I)ccc2n1C1CC1. The van der Waals surface area contributed by atoms with Crippen LogP contribution < -0.4 is 0 Å². The van der Waals surface area contributed by atoms with Gasteiger partial charge in [-0.15, -0.1) is 0 Å². The van der Waals surface area contributed by atoms with Gasteiger partial charge in [0, 0.05) is 9.61 Å². The van der Waals surface area contributed by atoms with Crippen LogP contribution in [0.25, 0.3) is 11.0 Å². The zero-order valence-corrected chi connectivity index (χ0v) is 10.4. The van der Waals surface area contributed by atoms with Crippen LogP contribution in [-0.2, 0) is 0 Å². The van der Waals surface area contributed by atoms with Gasteiger partial charge in [0.05, 0.1) is 11.0 Å². The lowest BCUT2D eigenvalue weighted by Gasteiger charge is -2.00. The molecule has 0 bridgehead atoms. The first-order chi connectivity index (χ1) is 6.75. The molecular weight excluding hydrogens is 307 g/mol. The van der Waals surface area contributed by atoms with Crippen molar-refractivity contribution in [2.24, 2.45) is 0 Å². The van der Waals surface area contributed by atoms with Gasteiger partial charge in [-0.3, -0.25) is 0 Å². The number of imidazole rings is 1. The van der Waals surface area contributed by atoms with Gasteiger partial charge in [-0.1, -0.05) is 0 Å². The van der Waals surface area contributed by atoms with Crippen LogP contribution in [0.3, 0.4) is 0 Å². The average molecular weight is 316 g/mol. The van der Waals surface area contributed by atoms with E-state index in [4.69, 9.17) is 12.2 Å². The van der Waals surface area contributed by atoms with Gasteiger partial charge >= 0.3 is 0 Å². The van der Waals surface area contributed by atoms with Gasteiger partial charge in [-0.2, -0.15) is 0 Å². The van der Waals surface area contributed by atoms with Gasteiger partial charge in [0.1, 0.15) is 0 Å². The second kappa shape index (κ2) is 3.06. The van der Waals surface area contributed by atoms with Crippen LogP contribution in [0.2, 0.25) is 0 Å². The van der Waals surface area contributed by atoms with Crippen LogP contribution in [0, 0.1) is 8.34 Å². The molecule has 0 amide bonds. The summed E-state index contributed by atoms with van der Waals surface area (Å²) in [6.07, 6.45) is 2.54. The number of benzene rings is 1. The first-order valence-corrected chi connectivity index (χ1v) is 6.14. The number of hydrogen-bond donors (Lipinski definition) is 1. The summed E-state index contributed by atoms with van der Waals surface area (Å²) in [6.45, 7) is 0. The van der Waals surface area contributed by atoms with Crippen LogP contribution in [0.15, 0.2) is 18.2 Å². The number of H-pyrrole nitrogens is 1. The van der Waals surface area contributed by atoms with Gasteiger partial charge < -0.3 is 9.55 Å². The third-order valence-electron chi connectivity index (χ3n) is 2.59. The third kappa shape index (κ3) is 1.32. The molecule has 1 saturated carbocycles. The maximum absolute atomic E-state index is 5.32. The maximum atomic E-state index is 5.32. The maximum Gasteiger partial charge on any atom is 0.178 e. The molecule has 3 rings (SSSR count). The Morgan fingerprint density at radius 3 is 2.93 bits per heavy atom. The zero-order chi connectivity index (χ0) is 9.71. The zero-order valence-electron chi connectivity index (χ0n) is 7.46. The molecule has 2 nitrogen and oxygen atoms in total. The summed E-state index contributed by atoms with van der Waals surface area (Å²) in [4.78, 5) is 3.26. The number of fused-ring (bicyclic) bond motifs is 1. The summed E-state index contributed by atoms with van der Waals surface area (Å²) < 4.78 is 4.36. The number of rotatable bonds is 1. The third-order valence-corrected chi connectivity index (χ3v) is 3.56. The van der Waals surface area contributed by atoms with Crippen molar-refractivity contribution in [3.8, 4) is 0 Å². The van der Waals surface area contributed by atoms with E-state index in [9.17, 15) is 0 Å². The van der Waals surface area contributed by atoms with E-state index in [1.165, 1.54) is 21.9 Å². The fraction of sp³-hybridized carbons (Fsp3) is 0.300. The van der Waals surface area contributed by atoms with Crippen molar-refractivity contribution in [3.05, 3.63) is 26.5 Å². The van der Waals surface area contributed by atoms with E-state index >= 15 is 0 Å². The van der Waals surface area contributed by atoms with Crippen molar-refractivity contribution in [1.82, 2.24) is 9.55 Å². The summed E-state index contributed by atoms with van der Waals surface area (Å²) in [6, 6.07) is 7.08. The molecule has 4 heteroatoms. The normalized spacial score (nSPS) is 16.4. The van der Waals surface area contributed by atoms with E-state index in [-0.39, 0.29) is 0 Å². The largest absolute Gasteiger partial charge is 0.331 e. The molecule has 0 spiro atoms. The van der Waals surface area contributed by atoms with E-state index in [0.29, 0.717) is 6.04 Å². The summed E-state index contributed by atoms with van der Waals surface area (Å²) in [7, 11) is 0. The second-order valence-electron chi connectivity index (χ2n) is 3.69. The van der Waals surface area contributed by atoms with Crippen molar-refractivity contribution in [1.29, 1.82) is 0 Å². The van der Waals surface area contributed by atoms with Gasteiger partial charge in [0.15, 0.2) is 4.77 Å². The first-order valence-electron chi connectivity index (χ1n) is 4.65. The van der Waals surface area contributed by atoms with Gasteiger partial charge in [-0.25, -0.2) is 0 Å². The minimum Gasteiger partial charge on any atom is -0.331 e. The molecule has 1 aromatic heterocycles. The van der Waals surface area contributed by atoms with Crippen molar-refractivity contribution in [2.75, 3.05) is 0 Å². The van der Waals surface area contributed by atoms with Crippen LogP contribution >= 0.6 is 34.8 Å². The highest BCUT2D eigenvalue weighted by molar-refractivity contribution is 14.1. The molecule has 0 saturated heterocycles. The molecule has 1 fully saturated rings. The topological polar surface area (TPSA) is 20.7 Å². The number of hydrogen-bond acceptors (Lipinski definition) is 1. The van der Waals surface area contributed by atoms with Gasteiger partial charge in [0.25, 0.3) is 0 Å². The van der Waals surface area contributed by atoms with E-state index in [1.54, 1.807) is 0 Å². The van der Waals surface area contributed by atoms with Gasteiger partial charge in [0.2, 0.25) is 0 Å². The predicted octanol–water partition coefficient (Wildman–Crippen LogP) is 3.64. The van der Waals surface area contributed by atoms with Crippen LogP contribution in [-0.4, -0.2) is 9.55 Å². The monoisotopic (exact) mass is 316 g/mol. The van der Waals surface area contributed by atoms with E-state index in [0.717, 1.165) is 10.3 Å². The molecule has 2 aromatic rings. The molecule has 14 heavy (non-hydrogen) atoms. The number of halogens is 1. The fourth-order valence-corrected chi connectivity index (χ4v) is 2.65. The molecule has 72 valence electrons. The Morgan fingerprint density at radius 1 is 1.43 bits per heavy atom. The highest BCUT2D eigenvalue weighted by atomic mass is 127. The highest BCUT2D eigenvalue weighted by Gasteiger charge is 2.25. The fourth-order valence-electron chi connectivity index (χ4n) is 1.80. The van der Waals surface area contributed by atoms with Crippen LogP contribution in [0.1, 0.15) is 18.9 Å². The van der Waals surface area contributed by atoms with E-state index < -0.39 is 0 Å². The lowest BCUT2D eigenvalue weighted by molar-refractivity contribution is 0.753. The minimum atomic E-state index is 0.649. The number of aromatic nitrogens is 2. The summed E-state index contributed by atoms with van der Waals surface area (Å²) in [5, 5.41) is 0. The molecule has 1 heterocycles. The van der Waals surface area contributed by atoms with Gasteiger partial charge in [-0.05, 0) is 65.8 Å². The van der Waals surface area contributed by atoms with Crippen molar-refractivity contribution in [3.63, 3.8) is 0 Å². The van der Waals surface area contributed by atoms with Crippen LogP contribution in [0.5, 0.6) is 0 Å². The Labute approximate surface area is 100 Å². The number of nitrogens with zero attached hydrogens (tertiary/aromatic N) is 1. The predicted molar refractivity (Wildman–Crippen MR) is 68.1 cm³/mol. The Hall–Kier alpha value is -0.360. The van der Waals surface area contributed by atoms with E-state index in [2.05, 4.69) is 50.3 Å². The van der Waals surface area contributed by atoms with Crippen LogP contribution in [0.4, 0.5) is 0 Å². The molecule has 0 radical (unpaired) electrons. The molecule has 0 unspecified atom stereocenters. The summed E-state index contributed by atoms with van der Waals surface area (Å²) in [5.74, 6) is 0. The molecule has 1 aromatic carbocycles. The Morgan fingerprint density at radius 2 is 2.21 bits per heavy atom. The lowest BCUT2D eigenvalue weighted by atomic mass is 10.3. The minimum absolute atomic E-state index is 0.649. The molecule has 0 aliphatic heterocycles. The van der Waals surface area contributed by atoms with Crippen molar-refractivity contribution in [2.45, 2.75) is 18.9 Å². The molecule has 0 atom stereocenters. The summed E-state index contributed by atoms with van der Waals surface area (Å²) in [5.41, 5.74) is 2.41. The van der Waals surface area contributed by atoms with Crippen molar-refractivity contribution < 1.29 is 0 Å². The molecule has 1 aliphatic carbocycles. The standard InChI is InChI=1S/C10H9IN2S/c11-6-1-4-9-8(5-6)12-10(14)13(9)7-2-3-7/h1,4-5,7H,2-3H2,(H,12,14).